The van der Waals surface area contributed by atoms with Gasteiger partial charge in [-0.2, -0.15) is 0 Å². The molecule has 2 rings (SSSR count). The molecule has 0 aliphatic heterocycles. The highest BCUT2D eigenvalue weighted by molar-refractivity contribution is 5.76. The van der Waals surface area contributed by atoms with Gasteiger partial charge in [-0.25, -0.2) is 0 Å². The molecule has 0 saturated heterocycles. The zero-order valence-electron chi connectivity index (χ0n) is 28.8. The number of unbranched alkanes of at least 4 members (excludes halogenated alkanes) is 8. The highest BCUT2D eigenvalue weighted by Gasteiger charge is 2.36. The minimum absolute atomic E-state index is 0.396. The molecule has 1 amide bonds. The monoisotopic (exact) mass is 582 g/mol. The molecular formula is C40H71NO. The zero-order valence-corrected chi connectivity index (χ0v) is 28.8. The zero-order chi connectivity index (χ0) is 30.5. The fraction of sp³-hybridized carbons (Fsp3) is 0.850. The van der Waals surface area contributed by atoms with Crippen LogP contribution in [0.3, 0.4) is 0 Å². The fourth-order valence-electron chi connectivity index (χ4n) is 7.11. The number of carbonyl (C=O) groups is 1. The number of nitrogens with zero attached hydrogens (tertiary/aromatic N) is 1. The third kappa shape index (κ3) is 17.1. The SMILES string of the molecule is C=C=C(/C=C\C(CCCCCCC)CCCCCCC)CCCN(CCCC1(C)CC1)C(=O)CCCC1CCC(C)C1. The third-order valence-corrected chi connectivity index (χ3v) is 10.5. The fourth-order valence-corrected chi connectivity index (χ4v) is 7.11. The van der Waals surface area contributed by atoms with Crippen molar-refractivity contribution < 1.29 is 4.79 Å². The predicted octanol–water partition coefficient (Wildman–Crippen LogP) is 12.4. The van der Waals surface area contributed by atoms with E-state index in [-0.39, 0.29) is 0 Å². The van der Waals surface area contributed by atoms with E-state index in [1.165, 1.54) is 128 Å². The number of allylic oxidation sites excluding steroid dienone is 3. The maximum atomic E-state index is 13.3. The van der Waals surface area contributed by atoms with E-state index in [0.717, 1.165) is 57.0 Å². The third-order valence-electron chi connectivity index (χ3n) is 10.5. The molecule has 0 aromatic carbocycles. The highest BCUT2D eigenvalue weighted by Crippen LogP contribution is 2.48. The summed E-state index contributed by atoms with van der Waals surface area (Å²) in [5, 5.41) is 0. The Labute approximate surface area is 263 Å². The second-order valence-corrected chi connectivity index (χ2v) is 14.8. The van der Waals surface area contributed by atoms with E-state index < -0.39 is 0 Å². The Balaban J connectivity index is 1.82. The smallest absolute Gasteiger partial charge is 0.222 e. The van der Waals surface area contributed by atoms with Crippen LogP contribution in [0, 0.1) is 23.2 Å². The molecule has 242 valence electrons. The molecule has 2 saturated carbocycles. The van der Waals surface area contributed by atoms with Crippen LogP contribution in [0.1, 0.15) is 182 Å². The minimum atomic E-state index is 0.396. The Morgan fingerprint density at radius 3 is 2.10 bits per heavy atom. The first-order chi connectivity index (χ1) is 20.4. The largest absolute Gasteiger partial charge is 0.343 e. The average molecular weight is 582 g/mol. The van der Waals surface area contributed by atoms with Crippen molar-refractivity contribution in [1.29, 1.82) is 0 Å². The Morgan fingerprint density at radius 2 is 1.52 bits per heavy atom. The van der Waals surface area contributed by atoms with Crippen LogP contribution in [-0.2, 0) is 4.79 Å². The number of hydrogen-bond acceptors (Lipinski definition) is 1. The van der Waals surface area contributed by atoms with E-state index in [0.29, 0.717) is 17.2 Å². The number of carbonyl (C=O) groups excluding carboxylic acids is 1. The van der Waals surface area contributed by atoms with Gasteiger partial charge in [0.25, 0.3) is 0 Å². The Kier molecular flexibility index (Phi) is 19.6. The van der Waals surface area contributed by atoms with E-state index in [4.69, 9.17) is 0 Å². The summed E-state index contributed by atoms with van der Waals surface area (Å²) in [6.07, 6.45) is 35.4. The average Bonchev–Trinajstić information content (AvgIpc) is 3.57. The van der Waals surface area contributed by atoms with Gasteiger partial charge in [-0.1, -0.05) is 123 Å². The van der Waals surface area contributed by atoms with Crippen LogP contribution in [0.25, 0.3) is 0 Å². The van der Waals surface area contributed by atoms with Gasteiger partial charge in [0.1, 0.15) is 0 Å². The van der Waals surface area contributed by atoms with Gasteiger partial charge in [0.2, 0.25) is 5.91 Å². The molecule has 2 fully saturated rings. The first kappa shape index (κ1) is 36.9. The normalized spacial score (nSPS) is 19.5. The van der Waals surface area contributed by atoms with Crippen molar-refractivity contribution in [3.63, 3.8) is 0 Å². The first-order valence-corrected chi connectivity index (χ1v) is 18.7. The highest BCUT2D eigenvalue weighted by atomic mass is 16.2. The van der Waals surface area contributed by atoms with E-state index in [9.17, 15) is 4.79 Å². The maximum absolute atomic E-state index is 13.3. The minimum Gasteiger partial charge on any atom is -0.343 e. The van der Waals surface area contributed by atoms with Crippen molar-refractivity contribution in [2.75, 3.05) is 13.1 Å². The van der Waals surface area contributed by atoms with E-state index in [1.807, 2.05) is 0 Å². The first-order valence-electron chi connectivity index (χ1n) is 18.7. The molecule has 42 heavy (non-hydrogen) atoms. The molecule has 2 aliphatic rings. The molecule has 2 atom stereocenters. The molecule has 2 nitrogen and oxygen atoms in total. The molecule has 0 bridgehead atoms. The Hall–Kier alpha value is -1.27. The van der Waals surface area contributed by atoms with Crippen LogP contribution < -0.4 is 0 Å². The summed E-state index contributed by atoms with van der Waals surface area (Å²) in [5.41, 5.74) is 5.04. The number of rotatable bonds is 26. The van der Waals surface area contributed by atoms with Gasteiger partial charge >= 0.3 is 0 Å². The summed E-state index contributed by atoms with van der Waals surface area (Å²) in [6.45, 7) is 15.3. The lowest BCUT2D eigenvalue weighted by atomic mass is 9.93. The quantitative estimate of drug-likeness (QED) is 0.0565. The molecule has 2 heteroatoms. The van der Waals surface area contributed by atoms with Crippen molar-refractivity contribution in [2.45, 2.75) is 182 Å². The van der Waals surface area contributed by atoms with Crippen molar-refractivity contribution in [3.05, 3.63) is 30.0 Å². The molecule has 2 aliphatic carbocycles. The van der Waals surface area contributed by atoms with Gasteiger partial charge in [-0.15, -0.1) is 5.73 Å². The summed E-state index contributed by atoms with van der Waals surface area (Å²) in [6, 6.07) is 0. The molecule has 0 N–H and O–H groups in total. The van der Waals surface area contributed by atoms with E-state index in [1.54, 1.807) is 0 Å². The van der Waals surface area contributed by atoms with Crippen LogP contribution >= 0.6 is 0 Å². The van der Waals surface area contributed by atoms with Crippen molar-refractivity contribution in [3.8, 4) is 0 Å². The Bertz CT molecular complexity index is 771. The molecular weight excluding hydrogens is 510 g/mol. The van der Waals surface area contributed by atoms with Gasteiger partial charge in [0, 0.05) is 19.5 Å². The summed E-state index contributed by atoms with van der Waals surface area (Å²) >= 11 is 0. The van der Waals surface area contributed by atoms with Crippen molar-refractivity contribution in [2.24, 2.45) is 23.2 Å². The second kappa shape index (κ2) is 22.3. The van der Waals surface area contributed by atoms with E-state index in [2.05, 4.69) is 57.1 Å². The van der Waals surface area contributed by atoms with Crippen LogP contribution in [0.4, 0.5) is 0 Å². The van der Waals surface area contributed by atoms with Crippen LogP contribution in [-0.4, -0.2) is 23.9 Å². The summed E-state index contributed by atoms with van der Waals surface area (Å²) in [7, 11) is 0. The predicted molar refractivity (Wildman–Crippen MR) is 185 cm³/mol. The lowest BCUT2D eigenvalue weighted by molar-refractivity contribution is -0.131. The van der Waals surface area contributed by atoms with Crippen molar-refractivity contribution in [1.82, 2.24) is 4.90 Å². The molecule has 0 spiro atoms. The number of amides is 1. The lowest BCUT2D eigenvalue weighted by Crippen LogP contribution is -2.33. The molecule has 2 unspecified atom stereocenters. The van der Waals surface area contributed by atoms with Gasteiger partial charge in [0.05, 0.1) is 0 Å². The second-order valence-electron chi connectivity index (χ2n) is 14.8. The topological polar surface area (TPSA) is 20.3 Å². The van der Waals surface area contributed by atoms with Gasteiger partial charge in [0.15, 0.2) is 0 Å². The lowest BCUT2D eigenvalue weighted by Gasteiger charge is -2.24. The summed E-state index contributed by atoms with van der Waals surface area (Å²) < 4.78 is 0. The number of hydrogen-bond donors (Lipinski definition) is 0. The molecule has 0 aromatic heterocycles. The summed E-state index contributed by atoms with van der Waals surface area (Å²) in [5.74, 6) is 2.83. The molecule has 0 heterocycles. The van der Waals surface area contributed by atoms with Gasteiger partial charge in [-0.05, 0) is 99.4 Å². The summed E-state index contributed by atoms with van der Waals surface area (Å²) in [4.78, 5) is 15.5. The van der Waals surface area contributed by atoms with Gasteiger partial charge in [-0.3, -0.25) is 4.79 Å². The van der Waals surface area contributed by atoms with Crippen LogP contribution in [0.15, 0.2) is 30.0 Å². The molecule has 0 radical (unpaired) electrons. The molecule has 0 aromatic rings. The Morgan fingerprint density at radius 1 is 0.881 bits per heavy atom. The van der Waals surface area contributed by atoms with E-state index >= 15 is 0 Å². The standard InChI is InChI=1S/C40H71NO/c1-6-9-11-13-15-20-37(21-16-14-12-10-7-2)28-27-36(8-3)23-18-32-41(33-19-29-40(5)30-31-40)39(42)24-17-22-38-26-25-35(4)34-38/h27-28,35,37-38H,3,6-7,9-26,29-34H2,1-2,4-5H3/b28-27-. The van der Waals surface area contributed by atoms with Gasteiger partial charge < -0.3 is 4.90 Å². The van der Waals surface area contributed by atoms with Crippen molar-refractivity contribution >= 4 is 5.91 Å². The maximum Gasteiger partial charge on any atom is 0.222 e. The van der Waals surface area contributed by atoms with Crippen LogP contribution in [0.2, 0.25) is 0 Å². The van der Waals surface area contributed by atoms with Crippen LogP contribution in [0.5, 0.6) is 0 Å².